The summed E-state index contributed by atoms with van der Waals surface area (Å²) in [4.78, 5) is 0. The molecule has 0 bridgehead atoms. The molecule has 1 aliphatic heterocycles. The molecule has 0 N–H and O–H groups in total. The monoisotopic (exact) mass is 656 g/mol. The van der Waals surface area contributed by atoms with Crippen LogP contribution in [0.4, 0.5) is 0 Å². The molecule has 0 amide bonds. The van der Waals surface area contributed by atoms with Gasteiger partial charge in [0.25, 0.3) is 0 Å². The van der Waals surface area contributed by atoms with E-state index in [1.165, 1.54) is 128 Å². The minimum absolute atomic E-state index is 0.920. The van der Waals surface area contributed by atoms with Crippen LogP contribution in [-0.2, 0) is 27.3 Å². The first kappa shape index (κ1) is 39.2. The molecule has 0 saturated carbocycles. The van der Waals surface area contributed by atoms with Gasteiger partial charge >= 0.3 is 39.1 Å². The summed E-state index contributed by atoms with van der Waals surface area (Å²) in [7, 11) is 0. The van der Waals surface area contributed by atoms with E-state index in [2.05, 4.69) is 89.2 Å². The summed E-state index contributed by atoms with van der Waals surface area (Å²) in [5.74, 6) is 0. The molecule has 1 heterocycles. The van der Waals surface area contributed by atoms with E-state index >= 15 is 0 Å². The van der Waals surface area contributed by atoms with E-state index < -0.39 is 0 Å². The quantitative estimate of drug-likeness (QED) is 0.0646. The predicted octanol–water partition coefficient (Wildman–Crippen LogP) is 14.2. The van der Waals surface area contributed by atoms with E-state index in [0.29, 0.717) is 0 Å². The molecular formula is C42H66N2Ni. The zero-order valence-electron chi connectivity index (χ0n) is 29.8. The normalized spacial score (nSPS) is 12.9. The number of unbranched alkanes of at least 4 members (excludes halogenated alkanes) is 13. The van der Waals surface area contributed by atoms with Gasteiger partial charge in [0.1, 0.15) is 0 Å². The Labute approximate surface area is 284 Å². The van der Waals surface area contributed by atoms with Crippen LogP contribution in [0, 0.1) is 0 Å². The summed E-state index contributed by atoms with van der Waals surface area (Å²) in [6.07, 6.45) is 26.3. The predicted molar refractivity (Wildman–Crippen MR) is 195 cm³/mol. The van der Waals surface area contributed by atoms with Gasteiger partial charge in [-0.2, -0.15) is 0 Å². The average Bonchev–Trinajstić information content (AvgIpc) is 3.39. The fraction of sp³-hybridized carbons (Fsp3) is 0.619. The van der Waals surface area contributed by atoms with Crippen molar-refractivity contribution < 1.29 is 19.1 Å². The third kappa shape index (κ3) is 15.4. The maximum absolute atomic E-state index is 11.6. The topological polar surface area (TPSA) is 25.3 Å². The van der Waals surface area contributed by atoms with Gasteiger partial charge < -0.3 is 5.53 Å². The Bertz CT molecular complexity index is 1140. The first-order valence-electron chi connectivity index (χ1n) is 18.7. The summed E-state index contributed by atoms with van der Waals surface area (Å²) in [6.45, 7) is 11.2. The van der Waals surface area contributed by atoms with Crippen molar-refractivity contribution in [2.75, 3.05) is 0 Å². The van der Waals surface area contributed by atoms with Crippen LogP contribution in [0.25, 0.3) is 16.9 Å². The molecule has 0 aliphatic carbocycles. The molecule has 2 nitrogen and oxygen atoms in total. The molecule has 0 aromatic heterocycles. The second kappa shape index (κ2) is 25.1. The number of nitrogens with zero attached hydrogens (tertiary/aromatic N) is 2. The van der Waals surface area contributed by atoms with Crippen molar-refractivity contribution >= 4 is 11.4 Å². The Morgan fingerprint density at radius 1 is 0.533 bits per heavy atom. The fourth-order valence-electron chi connectivity index (χ4n) is 6.13. The second-order valence-corrected chi connectivity index (χ2v) is 14.5. The molecule has 1 aliphatic rings. The van der Waals surface area contributed by atoms with Crippen molar-refractivity contribution in [3.8, 4) is 0 Å². The van der Waals surface area contributed by atoms with Gasteiger partial charge in [0.05, 0.1) is 0 Å². The van der Waals surface area contributed by atoms with Crippen LogP contribution in [0.3, 0.4) is 0 Å². The molecule has 254 valence electrons. The van der Waals surface area contributed by atoms with Crippen molar-refractivity contribution in [3.63, 3.8) is 0 Å². The fourth-order valence-corrected chi connectivity index (χ4v) is 6.63. The molecule has 45 heavy (non-hydrogen) atoms. The van der Waals surface area contributed by atoms with Crippen LogP contribution >= 0.6 is 0 Å². The van der Waals surface area contributed by atoms with Crippen LogP contribution < -0.4 is 0 Å². The third-order valence-corrected chi connectivity index (χ3v) is 9.72. The number of benzene rings is 2. The Morgan fingerprint density at radius 2 is 0.978 bits per heavy atom. The molecule has 0 atom stereocenters. The van der Waals surface area contributed by atoms with Gasteiger partial charge in [-0.05, 0) is 73.9 Å². The molecule has 0 spiro atoms. The molecule has 3 heteroatoms. The van der Waals surface area contributed by atoms with E-state index in [0.717, 1.165) is 48.2 Å². The van der Waals surface area contributed by atoms with Crippen molar-refractivity contribution in [3.05, 3.63) is 88.0 Å². The molecule has 2 aromatic carbocycles. The molecule has 0 radical (unpaired) electrons. The Morgan fingerprint density at radius 3 is 1.49 bits per heavy atom. The van der Waals surface area contributed by atoms with Crippen LogP contribution in [0.15, 0.2) is 60.2 Å². The average molecular weight is 658 g/mol. The molecule has 0 saturated heterocycles. The zero-order chi connectivity index (χ0) is 32.5. The zero-order valence-corrected chi connectivity index (χ0v) is 30.7. The van der Waals surface area contributed by atoms with Gasteiger partial charge in [-0.15, -0.1) is 0 Å². The molecule has 0 fully saturated rings. The molecule has 2 aromatic rings. The van der Waals surface area contributed by atoms with Crippen molar-refractivity contribution in [1.82, 2.24) is 0 Å². The SMILES string of the molecule is CCCCCCCCCc1cccc(C2=C(CCCCC)C=C(c3cccc(CCCCCCCC)c3)[N+]2=[N-])c1.C[CH2][Ni][CH2]C. The minimum atomic E-state index is 0.920. The third-order valence-electron chi connectivity index (χ3n) is 8.73. The van der Waals surface area contributed by atoms with E-state index in [-0.39, 0.29) is 0 Å². The first-order chi connectivity index (χ1) is 22.1. The first-order valence-corrected chi connectivity index (χ1v) is 20.1. The standard InChI is InChI=1S/C38H56N2.2C2H5.Ni/c1-4-7-10-12-14-16-19-23-33-25-21-28-35(30-33)38-36(26-17-9-6-3)31-37(40(38)39)34-27-20-24-32(29-34)22-18-15-13-11-8-5-2;2*1-2;/h20-21,24-25,27-31H,4-19,22-23,26H2,1-3H3;2*1H2,2H3;. The van der Waals surface area contributed by atoms with Crippen LogP contribution in [0.2, 0.25) is 10.8 Å². The summed E-state index contributed by atoms with van der Waals surface area (Å²) in [5.41, 5.74) is 19.8. The number of hydrogen-bond donors (Lipinski definition) is 0. The van der Waals surface area contributed by atoms with Gasteiger partial charge in [-0.25, -0.2) is 4.70 Å². The van der Waals surface area contributed by atoms with Crippen LogP contribution in [-0.4, -0.2) is 4.70 Å². The van der Waals surface area contributed by atoms with Gasteiger partial charge in [-0.1, -0.05) is 129 Å². The maximum atomic E-state index is 11.6. The molecular weight excluding hydrogens is 591 g/mol. The van der Waals surface area contributed by atoms with Crippen molar-refractivity contribution in [2.24, 2.45) is 0 Å². The number of rotatable bonds is 23. The van der Waals surface area contributed by atoms with Gasteiger partial charge in [-0.3, -0.25) is 0 Å². The van der Waals surface area contributed by atoms with Crippen LogP contribution in [0.5, 0.6) is 0 Å². The summed E-state index contributed by atoms with van der Waals surface area (Å²) < 4.78 is 1.48. The Kier molecular flexibility index (Phi) is 21.9. The number of aryl methyl sites for hydroxylation is 2. The van der Waals surface area contributed by atoms with Crippen LogP contribution in [0.1, 0.15) is 166 Å². The van der Waals surface area contributed by atoms with E-state index in [1.54, 1.807) is 0 Å². The van der Waals surface area contributed by atoms with Crippen molar-refractivity contribution in [1.29, 1.82) is 0 Å². The van der Waals surface area contributed by atoms with E-state index in [4.69, 9.17) is 0 Å². The Balaban J connectivity index is 0.00000130. The van der Waals surface area contributed by atoms with Gasteiger partial charge in [0, 0.05) is 22.8 Å². The van der Waals surface area contributed by atoms with E-state index in [1.807, 2.05) is 14.4 Å². The van der Waals surface area contributed by atoms with E-state index in [9.17, 15) is 5.53 Å². The van der Waals surface area contributed by atoms with Crippen molar-refractivity contribution in [2.45, 2.75) is 167 Å². The summed E-state index contributed by atoms with van der Waals surface area (Å²) >= 11 is 1.82. The molecule has 0 unspecified atom stereocenters. The molecule has 3 rings (SSSR count). The second-order valence-electron chi connectivity index (χ2n) is 12.6. The number of allylic oxidation sites excluding steroid dienone is 2. The Hall–Kier alpha value is -1.99. The summed E-state index contributed by atoms with van der Waals surface area (Å²) in [5, 5.41) is 2.56. The van der Waals surface area contributed by atoms with Gasteiger partial charge in [0.2, 0.25) is 11.4 Å². The van der Waals surface area contributed by atoms with Gasteiger partial charge in [0.15, 0.2) is 0 Å². The summed E-state index contributed by atoms with van der Waals surface area (Å²) in [6, 6.07) is 17.8. The number of hydrogen-bond acceptors (Lipinski definition) is 0.